The molecule has 8 nitrogen and oxygen atoms in total. The Morgan fingerprint density at radius 3 is 2.38 bits per heavy atom. The number of allylic oxidation sites excluding steroid dienone is 4. The normalized spacial score (nSPS) is 36.4. The molecule has 50 heavy (non-hydrogen) atoms. The van der Waals surface area contributed by atoms with Crippen LogP contribution in [0.25, 0.3) is 0 Å². The van der Waals surface area contributed by atoms with E-state index in [0.717, 1.165) is 44.1 Å². The number of nitrogens with zero attached hydrogens (tertiary/aromatic N) is 1. The predicted molar refractivity (Wildman–Crippen MR) is 196 cm³/mol. The van der Waals surface area contributed by atoms with Gasteiger partial charge in [-0.3, -0.25) is 14.4 Å². The number of ether oxygens (including phenoxy) is 3. The van der Waals surface area contributed by atoms with Gasteiger partial charge < -0.3 is 19.1 Å². The molecule has 9 atom stereocenters. The van der Waals surface area contributed by atoms with E-state index in [0.29, 0.717) is 56.9 Å². The Bertz CT molecular complexity index is 1250. The van der Waals surface area contributed by atoms with Crippen LogP contribution in [0.4, 0.5) is 0 Å². The second-order valence-electron chi connectivity index (χ2n) is 16.1. The van der Waals surface area contributed by atoms with Crippen molar-refractivity contribution in [3.8, 4) is 0 Å². The van der Waals surface area contributed by atoms with Gasteiger partial charge in [-0.05, 0) is 114 Å². The van der Waals surface area contributed by atoms with Gasteiger partial charge in [0.05, 0.1) is 12.2 Å². The van der Waals surface area contributed by atoms with E-state index in [9.17, 15) is 19.2 Å². The summed E-state index contributed by atoms with van der Waals surface area (Å²) in [4.78, 5) is 57.2. The van der Waals surface area contributed by atoms with Crippen molar-refractivity contribution in [1.82, 2.24) is 4.90 Å². The maximum absolute atomic E-state index is 14.1. The number of hydrogen-bond donors (Lipinski definition) is 0. The van der Waals surface area contributed by atoms with Crippen molar-refractivity contribution in [1.29, 1.82) is 0 Å². The number of esters is 1. The highest BCUT2D eigenvalue weighted by Crippen LogP contribution is 2.34. The average Bonchev–Trinajstić information content (AvgIpc) is 3.11. The summed E-state index contributed by atoms with van der Waals surface area (Å²) in [6.07, 6.45) is 16.7. The molecule has 1 amide bonds. The summed E-state index contributed by atoms with van der Waals surface area (Å²) in [5.74, 6) is -1.32. The average molecular weight is 696 g/mol. The number of carbonyl (C=O) groups excluding carboxylic acids is 4. The highest BCUT2D eigenvalue weighted by Gasteiger charge is 2.45. The van der Waals surface area contributed by atoms with Gasteiger partial charge in [0.25, 0.3) is 5.91 Å². The van der Waals surface area contributed by atoms with Gasteiger partial charge in [-0.15, -0.1) is 6.58 Å². The van der Waals surface area contributed by atoms with E-state index >= 15 is 0 Å². The monoisotopic (exact) mass is 695 g/mol. The van der Waals surface area contributed by atoms with Gasteiger partial charge in [0.15, 0.2) is 0 Å². The number of ketones is 2. The summed E-state index contributed by atoms with van der Waals surface area (Å²) < 4.78 is 18.7. The van der Waals surface area contributed by atoms with Gasteiger partial charge in [0.1, 0.15) is 24.0 Å². The summed E-state index contributed by atoms with van der Waals surface area (Å²) in [7, 11) is 1.67. The van der Waals surface area contributed by atoms with Crippen molar-refractivity contribution in [3.05, 3.63) is 36.0 Å². The first-order valence-electron chi connectivity index (χ1n) is 19.7. The van der Waals surface area contributed by atoms with Crippen LogP contribution < -0.4 is 0 Å². The fourth-order valence-electron chi connectivity index (χ4n) is 8.88. The fourth-order valence-corrected chi connectivity index (χ4v) is 8.88. The van der Waals surface area contributed by atoms with Gasteiger partial charge in [-0.2, -0.15) is 0 Å². The molecule has 0 aromatic rings. The van der Waals surface area contributed by atoms with Gasteiger partial charge in [-0.25, -0.2) is 4.79 Å². The molecular weight excluding hydrogens is 630 g/mol. The summed E-state index contributed by atoms with van der Waals surface area (Å²) in [6, 6.07) is -0.833. The summed E-state index contributed by atoms with van der Waals surface area (Å²) >= 11 is 0. The molecule has 4 rings (SSSR count). The number of amides is 1. The van der Waals surface area contributed by atoms with Crippen LogP contribution in [-0.4, -0.2) is 72.5 Å². The molecule has 0 aromatic heterocycles. The van der Waals surface area contributed by atoms with Gasteiger partial charge >= 0.3 is 5.97 Å². The predicted octanol–water partition coefficient (Wildman–Crippen LogP) is 8.13. The number of hydrogen-bond acceptors (Lipinski definition) is 7. The van der Waals surface area contributed by atoms with E-state index in [1.54, 1.807) is 7.11 Å². The van der Waals surface area contributed by atoms with Crippen molar-refractivity contribution < 1.29 is 33.4 Å². The molecule has 2 saturated heterocycles. The first-order chi connectivity index (χ1) is 23.9. The number of fused-ring (bicyclic) bond motifs is 3. The van der Waals surface area contributed by atoms with Gasteiger partial charge in [-0.1, -0.05) is 63.8 Å². The fraction of sp³-hybridized carbons (Fsp3) is 0.762. The Labute approximate surface area is 301 Å². The quantitative estimate of drug-likeness (QED) is 0.163. The van der Waals surface area contributed by atoms with Gasteiger partial charge in [0.2, 0.25) is 5.78 Å². The maximum atomic E-state index is 14.1. The van der Waals surface area contributed by atoms with E-state index in [-0.39, 0.29) is 35.7 Å². The van der Waals surface area contributed by atoms with Crippen molar-refractivity contribution in [3.63, 3.8) is 0 Å². The van der Waals surface area contributed by atoms with Crippen LogP contribution in [0.3, 0.4) is 0 Å². The zero-order valence-corrected chi connectivity index (χ0v) is 31.8. The third-order valence-corrected chi connectivity index (χ3v) is 11.8. The standard InChI is InChI=1S/C42H65NO7/c1-8-14-33-24-28(3)23-27(2)18-21-36-37(48-7)26-31(6)40(49-36)38(45)41(46)43-22-13-12-17-34(43)42(47)50-39(29(4)19-20-35(33)44)30(5)25-32-15-10-9-11-16-32/h8,24-25,27,29,31-34,36-37,39-40H,1,9-23,26H2,2-7H3/b28-24+,30-25+/t27-,29-,31?,33?,34?,36?,37+,39?,40?/m1/s1. The van der Waals surface area contributed by atoms with E-state index in [1.807, 2.05) is 19.9 Å². The zero-order chi connectivity index (χ0) is 36.4. The Hall–Kier alpha value is -2.58. The minimum Gasteiger partial charge on any atom is -0.456 e. The molecule has 4 aliphatic rings. The SMILES string of the molecule is C=CCC1/C=C(\C)C[C@H](C)CCC2OC(C(=O)C(=O)N3CCCCC3C(=O)OC(/C(C)=C/C3CCCCC3)[C@H](C)CCC1=O)C(C)C[C@@H]2OC. The summed E-state index contributed by atoms with van der Waals surface area (Å²) in [5, 5.41) is 0. The van der Waals surface area contributed by atoms with Gasteiger partial charge in [0, 0.05) is 26.0 Å². The van der Waals surface area contributed by atoms with E-state index in [2.05, 4.69) is 39.5 Å². The maximum Gasteiger partial charge on any atom is 0.329 e. The Morgan fingerprint density at radius 1 is 0.960 bits per heavy atom. The Balaban J connectivity index is 1.67. The highest BCUT2D eigenvalue weighted by molar-refractivity contribution is 6.38. The molecule has 3 heterocycles. The molecule has 8 heteroatoms. The number of carbonyl (C=O) groups is 4. The van der Waals surface area contributed by atoms with Crippen LogP contribution in [0.1, 0.15) is 131 Å². The summed E-state index contributed by atoms with van der Waals surface area (Å²) in [5.41, 5.74) is 2.18. The van der Waals surface area contributed by atoms with E-state index in [4.69, 9.17) is 14.2 Å². The summed E-state index contributed by atoms with van der Waals surface area (Å²) in [6.45, 7) is 14.6. The lowest BCUT2D eigenvalue weighted by Crippen LogP contribution is -2.56. The first kappa shape index (κ1) is 40.2. The smallest absolute Gasteiger partial charge is 0.329 e. The number of methoxy groups -OCH3 is 1. The molecule has 280 valence electrons. The zero-order valence-electron chi connectivity index (χ0n) is 31.8. The molecule has 0 aromatic carbocycles. The molecule has 6 unspecified atom stereocenters. The molecule has 3 fully saturated rings. The number of cyclic esters (lactones) is 1. The Morgan fingerprint density at radius 2 is 1.68 bits per heavy atom. The van der Waals surface area contributed by atoms with Crippen molar-refractivity contribution >= 4 is 23.4 Å². The van der Waals surface area contributed by atoms with Crippen molar-refractivity contribution in [2.24, 2.45) is 29.6 Å². The number of rotatable bonds is 5. The second-order valence-corrected chi connectivity index (χ2v) is 16.1. The lowest BCUT2D eigenvalue weighted by molar-refractivity contribution is -0.178. The van der Waals surface area contributed by atoms with Crippen LogP contribution in [0.2, 0.25) is 0 Å². The van der Waals surface area contributed by atoms with Crippen molar-refractivity contribution in [2.75, 3.05) is 13.7 Å². The lowest BCUT2D eigenvalue weighted by atomic mass is 9.84. The van der Waals surface area contributed by atoms with E-state index < -0.39 is 35.9 Å². The van der Waals surface area contributed by atoms with Crippen LogP contribution in [0.15, 0.2) is 36.0 Å². The second kappa shape index (κ2) is 19.3. The third kappa shape index (κ3) is 10.7. The van der Waals surface area contributed by atoms with Crippen LogP contribution in [0, 0.1) is 29.6 Å². The molecule has 3 aliphatic heterocycles. The van der Waals surface area contributed by atoms with Crippen LogP contribution in [0.5, 0.6) is 0 Å². The molecule has 0 radical (unpaired) electrons. The minimum absolute atomic E-state index is 0.108. The lowest BCUT2D eigenvalue weighted by Gasteiger charge is -2.41. The molecule has 2 bridgehead atoms. The van der Waals surface area contributed by atoms with Crippen LogP contribution >= 0.6 is 0 Å². The first-order valence-corrected chi connectivity index (χ1v) is 19.7. The Kier molecular flexibility index (Phi) is 15.5. The topological polar surface area (TPSA) is 99.2 Å². The molecule has 0 N–H and O–H groups in total. The molecule has 1 aliphatic carbocycles. The van der Waals surface area contributed by atoms with E-state index in [1.165, 1.54) is 29.7 Å². The highest BCUT2D eigenvalue weighted by atomic mass is 16.6. The van der Waals surface area contributed by atoms with Crippen LogP contribution in [-0.2, 0) is 33.4 Å². The molecule has 1 saturated carbocycles. The number of Topliss-reactive ketones (excluding diaryl/α,β-unsaturated/α-hetero) is 2. The molecule has 0 spiro atoms. The third-order valence-electron chi connectivity index (χ3n) is 11.8. The van der Waals surface area contributed by atoms with Crippen molar-refractivity contribution in [2.45, 2.75) is 161 Å². The largest absolute Gasteiger partial charge is 0.456 e. The number of piperidine rings is 1. The molecular formula is C42H65NO7. The minimum atomic E-state index is -0.886.